The third kappa shape index (κ3) is 1.67. The lowest BCUT2D eigenvalue weighted by Gasteiger charge is -2.14. The predicted octanol–water partition coefficient (Wildman–Crippen LogP) is 1.43. The Balaban J connectivity index is 2.56. The second-order valence-electron chi connectivity index (χ2n) is 3.79. The molecule has 0 aliphatic carbocycles. The van der Waals surface area contributed by atoms with Gasteiger partial charge in [0.05, 0.1) is 6.20 Å². The molecule has 0 unspecified atom stereocenters. The van der Waals surface area contributed by atoms with Crippen molar-refractivity contribution < 1.29 is 5.11 Å². The Labute approximate surface area is 93.5 Å². The zero-order valence-electron chi connectivity index (χ0n) is 9.23. The highest BCUT2D eigenvalue weighted by Crippen LogP contribution is 2.34. The van der Waals surface area contributed by atoms with Crippen LogP contribution in [0.25, 0.3) is 11.1 Å². The maximum Gasteiger partial charge on any atom is 0.126 e. The van der Waals surface area contributed by atoms with Crippen molar-refractivity contribution in [1.29, 1.82) is 0 Å². The number of hydrogen-bond acceptors (Lipinski definition) is 4. The Hall–Kier alpha value is -2.17. The van der Waals surface area contributed by atoms with E-state index in [1.165, 1.54) is 0 Å². The molecule has 5 nitrogen and oxygen atoms in total. The van der Waals surface area contributed by atoms with Crippen LogP contribution in [0.1, 0.15) is 0 Å². The number of nitrogens with zero attached hydrogens (tertiary/aromatic N) is 2. The maximum atomic E-state index is 9.80. The van der Waals surface area contributed by atoms with E-state index in [4.69, 9.17) is 5.73 Å². The van der Waals surface area contributed by atoms with Crippen LogP contribution in [0.5, 0.6) is 5.75 Å². The molecule has 0 atom stereocenters. The highest BCUT2D eigenvalue weighted by Gasteiger charge is 2.10. The number of hydrogen-bond donors (Lipinski definition) is 3. The molecule has 0 fully saturated rings. The number of aromatic amines is 1. The molecule has 1 aromatic carbocycles. The second kappa shape index (κ2) is 3.77. The molecule has 0 aliphatic heterocycles. The van der Waals surface area contributed by atoms with E-state index in [1.807, 2.05) is 31.1 Å². The third-order valence-corrected chi connectivity index (χ3v) is 2.46. The van der Waals surface area contributed by atoms with Crippen molar-refractivity contribution in [3.8, 4) is 16.9 Å². The van der Waals surface area contributed by atoms with Gasteiger partial charge in [0.15, 0.2) is 0 Å². The summed E-state index contributed by atoms with van der Waals surface area (Å²) in [6.07, 6.45) is 1.60. The Kier molecular flexibility index (Phi) is 2.44. The fourth-order valence-corrected chi connectivity index (χ4v) is 1.53. The molecule has 1 aromatic heterocycles. The fourth-order valence-electron chi connectivity index (χ4n) is 1.53. The number of anilines is 2. The number of nitrogens with one attached hydrogen (secondary N) is 1. The highest BCUT2D eigenvalue weighted by molar-refractivity contribution is 5.80. The van der Waals surface area contributed by atoms with E-state index in [0.29, 0.717) is 16.9 Å². The van der Waals surface area contributed by atoms with E-state index in [0.717, 1.165) is 5.69 Å². The van der Waals surface area contributed by atoms with Crippen molar-refractivity contribution in [2.45, 2.75) is 0 Å². The van der Waals surface area contributed by atoms with Gasteiger partial charge < -0.3 is 15.7 Å². The fraction of sp³-hybridized carbons (Fsp3) is 0.182. The smallest absolute Gasteiger partial charge is 0.126 e. The number of phenols is 1. The van der Waals surface area contributed by atoms with E-state index in [2.05, 4.69) is 10.2 Å². The SMILES string of the molecule is CN(C)c1ccc(O)c(-c2cn[nH]c2N)c1. The van der Waals surface area contributed by atoms with Crippen LogP contribution in [0, 0.1) is 0 Å². The van der Waals surface area contributed by atoms with Gasteiger partial charge in [-0.25, -0.2) is 0 Å². The van der Waals surface area contributed by atoms with Gasteiger partial charge in [-0.1, -0.05) is 0 Å². The van der Waals surface area contributed by atoms with Crippen LogP contribution in [-0.4, -0.2) is 29.4 Å². The molecule has 84 valence electrons. The van der Waals surface area contributed by atoms with Gasteiger partial charge in [0, 0.05) is 30.9 Å². The van der Waals surface area contributed by atoms with E-state index >= 15 is 0 Å². The molecule has 16 heavy (non-hydrogen) atoms. The molecule has 0 saturated heterocycles. The minimum absolute atomic E-state index is 0.193. The summed E-state index contributed by atoms with van der Waals surface area (Å²) in [6, 6.07) is 5.36. The number of benzene rings is 1. The number of aromatic hydroxyl groups is 1. The molecule has 0 bridgehead atoms. The Morgan fingerprint density at radius 1 is 1.31 bits per heavy atom. The molecule has 0 amide bonds. The lowest BCUT2D eigenvalue weighted by Crippen LogP contribution is -2.08. The Morgan fingerprint density at radius 3 is 2.62 bits per heavy atom. The summed E-state index contributed by atoms with van der Waals surface area (Å²) in [7, 11) is 3.88. The number of phenolic OH excluding ortho intramolecular Hbond substituents is 1. The van der Waals surface area contributed by atoms with Gasteiger partial charge in [-0.3, -0.25) is 5.10 Å². The summed E-state index contributed by atoms with van der Waals surface area (Å²) in [5, 5.41) is 16.3. The number of nitrogen functional groups attached to an aromatic ring is 1. The van der Waals surface area contributed by atoms with Gasteiger partial charge >= 0.3 is 0 Å². The normalized spacial score (nSPS) is 10.4. The number of nitrogens with two attached hydrogens (primary N) is 1. The first-order valence-corrected chi connectivity index (χ1v) is 4.89. The average molecular weight is 218 g/mol. The van der Waals surface area contributed by atoms with Crippen molar-refractivity contribution in [3.63, 3.8) is 0 Å². The lowest BCUT2D eigenvalue weighted by atomic mass is 10.1. The van der Waals surface area contributed by atoms with Gasteiger partial charge in [0.2, 0.25) is 0 Å². The Bertz CT molecular complexity index is 504. The monoisotopic (exact) mass is 218 g/mol. The van der Waals surface area contributed by atoms with E-state index in [9.17, 15) is 5.11 Å². The summed E-state index contributed by atoms with van der Waals surface area (Å²) in [4.78, 5) is 1.96. The summed E-state index contributed by atoms with van der Waals surface area (Å²) in [5.74, 6) is 0.643. The zero-order valence-corrected chi connectivity index (χ0v) is 9.23. The number of H-pyrrole nitrogens is 1. The van der Waals surface area contributed by atoms with Crippen molar-refractivity contribution in [3.05, 3.63) is 24.4 Å². The lowest BCUT2D eigenvalue weighted by molar-refractivity contribution is 0.477. The summed E-state index contributed by atoms with van der Waals surface area (Å²) in [5.41, 5.74) is 8.11. The molecule has 1 heterocycles. The second-order valence-corrected chi connectivity index (χ2v) is 3.79. The molecule has 2 aromatic rings. The van der Waals surface area contributed by atoms with Gasteiger partial charge in [-0.05, 0) is 18.2 Å². The van der Waals surface area contributed by atoms with Crippen molar-refractivity contribution in [1.82, 2.24) is 10.2 Å². The largest absolute Gasteiger partial charge is 0.507 e. The van der Waals surface area contributed by atoms with Gasteiger partial charge in [-0.2, -0.15) is 5.10 Å². The summed E-state index contributed by atoms with van der Waals surface area (Å²) < 4.78 is 0. The van der Waals surface area contributed by atoms with E-state index < -0.39 is 0 Å². The first-order valence-electron chi connectivity index (χ1n) is 4.89. The van der Waals surface area contributed by atoms with Crippen LogP contribution in [0.2, 0.25) is 0 Å². The molecule has 4 N–H and O–H groups in total. The maximum absolute atomic E-state index is 9.80. The number of aromatic nitrogens is 2. The van der Waals surface area contributed by atoms with E-state index in [1.54, 1.807) is 12.3 Å². The third-order valence-electron chi connectivity index (χ3n) is 2.46. The average Bonchev–Trinajstić information content (AvgIpc) is 2.65. The quantitative estimate of drug-likeness (QED) is 0.712. The number of rotatable bonds is 2. The van der Waals surface area contributed by atoms with Gasteiger partial charge in [0.1, 0.15) is 11.6 Å². The van der Waals surface area contributed by atoms with Crippen LogP contribution in [0.15, 0.2) is 24.4 Å². The standard InChI is InChI=1S/C11H14N4O/c1-15(2)7-3-4-10(16)8(5-7)9-6-13-14-11(9)12/h3-6,16H,1-2H3,(H3,12,13,14). The van der Waals surface area contributed by atoms with Crippen LogP contribution in [0.3, 0.4) is 0 Å². The van der Waals surface area contributed by atoms with Crippen LogP contribution in [0.4, 0.5) is 11.5 Å². The van der Waals surface area contributed by atoms with Crippen molar-refractivity contribution in [2.24, 2.45) is 0 Å². The molecule has 0 spiro atoms. The first kappa shape index (κ1) is 10.4. The molecular formula is C11H14N4O. The minimum Gasteiger partial charge on any atom is -0.507 e. The summed E-state index contributed by atoms with van der Waals surface area (Å²) >= 11 is 0. The molecule has 0 saturated carbocycles. The topological polar surface area (TPSA) is 78.2 Å². The first-order chi connectivity index (χ1) is 7.59. The molecule has 5 heteroatoms. The Morgan fingerprint density at radius 2 is 2.06 bits per heavy atom. The predicted molar refractivity (Wildman–Crippen MR) is 64.4 cm³/mol. The van der Waals surface area contributed by atoms with Crippen LogP contribution in [-0.2, 0) is 0 Å². The van der Waals surface area contributed by atoms with Crippen molar-refractivity contribution >= 4 is 11.5 Å². The minimum atomic E-state index is 0.193. The molecular weight excluding hydrogens is 204 g/mol. The molecule has 2 rings (SSSR count). The van der Waals surface area contributed by atoms with Crippen molar-refractivity contribution in [2.75, 3.05) is 24.7 Å². The van der Waals surface area contributed by atoms with Gasteiger partial charge in [0.25, 0.3) is 0 Å². The van der Waals surface area contributed by atoms with E-state index in [-0.39, 0.29) is 5.75 Å². The zero-order chi connectivity index (χ0) is 11.7. The summed E-state index contributed by atoms with van der Waals surface area (Å²) in [6.45, 7) is 0. The van der Waals surface area contributed by atoms with Crippen LogP contribution >= 0.6 is 0 Å². The van der Waals surface area contributed by atoms with Crippen LogP contribution < -0.4 is 10.6 Å². The highest BCUT2D eigenvalue weighted by atomic mass is 16.3. The molecule has 0 aliphatic rings. The molecule has 0 radical (unpaired) electrons. The van der Waals surface area contributed by atoms with Gasteiger partial charge in [-0.15, -0.1) is 0 Å².